The van der Waals surface area contributed by atoms with Gasteiger partial charge in [-0.05, 0) is 42.9 Å². The minimum atomic E-state index is -0.250. The lowest BCUT2D eigenvalue weighted by molar-refractivity contribution is 0.0926. The van der Waals surface area contributed by atoms with Crippen LogP contribution in [0.5, 0.6) is 5.75 Å². The number of phenolic OH excluding ortho intramolecular Hbond substituents is 1. The smallest absolute Gasteiger partial charge is 0.255 e. The molecule has 19 heavy (non-hydrogen) atoms. The molecule has 2 rings (SSSR count). The van der Waals surface area contributed by atoms with E-state index in [0.717, 1.165) is 6.42 Å². The monoisotopic (exact) mass is 281 g/mol. The molecule has 4 heteroatoms. The fourth-order valence-corrected chi connectivity index (χ4v) is 3.01. The van der Waals surface area contributed by atoms with Crippen LogP contribution < -0.4 is 5.32 Å². The van der Waals surface area contributed by atoms with E-state index in [0.29, 0.717) is 11.6 Å². The quantitative estimate of drug-likeness (QED) is 0.883. The van der Waals surface area contributed by atoms with Crippen LogP contribution in [0, 0.1) is 5.41 Å². The highest BCUT2D eigenvalue weighted by Crippen LogP contribution is 2.40. The van der Waals surface area contributed by atoms with E-state index in [2.05, 4.69) is 12.2 Å². The largest absolute Gasteiger partial charge is 0.507 e. The number of rotatable bonds is 4. The Morgan fingerprint density at radius 3 is 2.74 bits per heavy atom. The molecule has 1 saturated carbocycles. The van der Waals surface area contributed by atoms with Crippen LogP contribution in [-0.4, -0.2) is 17.6 Å². The van der Waals surface area contributed by atoms with Crippen LogP contribution in [0.3, 0.4) is 0 Å². The van der Waals surface area contributed by atoms with Gasteiger partial charge in [0.25, 0.3) is 5.91 Å². The molecule has 0 radical (unpaired) electrons. The second-order valence-corrected chi connectivity index (χ2v) is 5.84. The van der Waals surface area contributed by atoms with E-state index in [-0.39, 0.29) is 22.6 Å². The fourth-order valence-electron chi connectivity index (χ4n) is 2.83. The Morgan fingerprint density at radius 1 is 1.42 bits per heavy atom. The second-order valence-electron chi connectivity index (χ2n) is 5.40. The van der Waals surface area contributed by atoms with Gasteiger partial charge in [-0.15, -0.1) is 0 Å². The Hall–Kier alpha value is -1.22. The topological polar surface area (TPSA) is 49.3 Å². The Balaban J connectivity index is 2.03. The zero-order valence-corrected chi connectivity index (χ0v) is 12.0. The molecule has 3 nitrogen and oxygen atoms in total. The number of halogens is 1. The second kappa shape index (κ2) is 5.83. The number of amides is 1. The number of carbonyl (C=O) groups is 1. The van der Waals surface area contributed by atoms with E-state index >= 15 is 0 Å². The number of hydrogen-bond donors (Lipinski definition) is 2. The highest BCUT2D eigenvalue weighted by Gasteiger charge is 2.32. The Kier molecular flexibility index (Phi) is 4.35. The molecular formula is C15H20ClNO2. The number of benzene rings is 1. The minimum Gasteiger partial charge on any atom is -0.507 e. The van der Waals surface area contributed by atoms with Gasteiger partial charge in [-0.1, -0.05) is 31.4 Å². The summed E-state index contributed by atoms with van der Waals surface area (Å²) in [7, 11) is 0. The highest BCUT2D eigenvalue weighted by molar-refractivity contribution is 6.31. The lowest BCUT2D eigenvalue weighted by atomic mass is 9.83. The first kappa shape index (κ1) is 14.2. The molecule has 1 fully saturated rings. The Morgan fingerprint density at radius 2 is 2.11 bits per heavy atom. The van der Waals surface area contributed by atoms with Gasteiger partial charge in [0.1, 0.15) is 5.75 Å². The zero-order valence-electron chi connectivity index (χ0n) is 11.2. The van der Waals surface area contributed by atoms with Crippen molar-refractivity contribution in [2.75, 3.05) is 6.54 Å². The summed E-state index contributed by atoms with van der Waals surface area (Å²) in [5.41, 5.74) is 0.487. The van der Waals surface area contributed by atoms with Crippen LogP contribution in [0.25, 0.3) is 0 Å². The summed E-state index contributed by atoms with van der Waals surface area (Å²) in [6.45, 7) is 2.85. The van der Waals surface area contributed by atoms with Crippen molar-refractivity contribution < 1.29 is 9.90 Å². The van der Waals surface area contributed by atoms with Gasteiger partial charge in [0.05, 0.1) is 5.56 Å². The molecule has 0 atom stereocenters. The van der Waals surface area contributed by atoms with E-state index in [9.17, 15) is 9.90 Å². The number of phenols is 1. The van der Waals surface area contributed by atoms with Gasteiger partial charge in [0, 0.05) is 11.6 Å². The molecule has 1 aliphatic rings. The van der Waals surface area contributed by atoms with Gasteiger partial charge in [0.2, 0.25) is 0 Å². The third-order valence-corrected chi connectivity index (χ3v) is 4.48. The van der Waals surface area contributed by atoms with Crippen LogP contribution in [0.1, 0.15) is 49.4 Å². The van der Waals surface area contributed by atoms with Gasteiger partial charge >= 0.3 is 0 Å². The van der Waals surface area contributed by atoms with Crippen LogP contribution in [-0.2, 0) is 0 Å². The van der Waals surface area contributed by atoms with Crippen molar-refractivity contribution in [1.82, 2.24) is 5.32 Å². The van der Waals surface area contributed by atoms with Crippen molar-refractivity contribution in [2.45, 2.75) is 39.0 Å². The van der Waals surface area contributed by atoms with Crippen molar-refractivity contribution in [3.8, 4) is 5.75 Å². The van der Waals surface area contributed by atoms with Crippen molar-refractivity contribution in [1.29, 1.82) is 0 Å². The van der Waals surface area contributed by atoms with Crippen LogP contribution in [0.4, 0.5) is 0 Å². The van der Waals surface area contributed by atoms with E-state index < -0.39 is 0 Å². The van der Waals surface area contributed by atoms with Crippen molar-refractivity contribution in [3.63, 3.8) is 0 Å². The molecule has 1 aliphatic carbocycles. The van der Waals surface area contributed by atoms with E-state index in [1.165, 1.54) is 37.8 Å². The summed E-state index contributed by atoms with van der Waals surface area (Å²) in [4.78, 5) is 12.1. The van der Waals surface area contributed by atoms with Crippen LogP contribution in [0.2, 0.25) is 5.02 Å². The predicted octanol–water partition coefficient (Wildman–Crippen LogP) is 3.75. The first-order chi connectivity index (χ1) is 9.06. The zero-order chi connectivity index (χ0) is 13.9. The van der Waals surface area contributed by atoms with Gasteiger partial charge in [0.15, 0.2) is 0 Å². The number of aromatic hydroxyl groups is 1. The summed E-state index contributed by atoms with van der Waals surface area (Å²) in [5, 5.41) is 13.1. The summed E-state index contributed by atoms with van der Waals surface area (Å²) in [6, 6.07) is 4.51. The molecule has 0 aliphatic heterocycles. The van der Waals surface area contributed by atoms with Crippen molar-refractivity contribution in [3.05, 3.63) is 28.8 Å². The van der Waals surface area contributed by atoms with Gasteiger partial charge in [-0.3, -0.25) is 4.79 Å². The van der Waals surface area contributed by atoms with Gasteiger partial charge in [-0.2, -0.15) is 0 Å². The molecule has 0 unspecified atom stereocenters. The lowest BCUT2D eigenvalue weighted by Gasteiger charge is -2.27. The third-order valence-electron chi connectivity index (χ3n) is 4.24. The lowest BCUT2D eigenvalue weighted by Crippen LogP contribution is -2.35. The predicted molar refractivity (Wildman–Crippen MR) is 76.6 cm³/mol. The van der Waals surface area contributed by atoms with E-state index in [1.54, 1.807) is 6.07 Å². The molecular weight excluding hydrogens is 262 g/mol. The molecule has 1 amide bonds. The molecule has 2 N–H and O–H groups in total. The SMILES string of the molecule is CCC1(CNC(=O)c2cc(Cl)ccc2O)CCCC1. The van der Waals surface area contributed by atoms with Crippen LogP contribution >= 0.6 is 11.6 Å². The average Bonchev–Trinajstić information content (AvgIpc) is 2.88. The minimum absolute atomic E-state index is 0.0288. The van der Waals surface area contributed by atoms with Crippen molar-refractivity contribution in [2.24, 2.45) is 5.41 Å². The summed E-state index contributed by atoms with van der Waals surface area (Å²) in [5.74, 6) is -0.279. The average molecular weight is 282 g/mol. The maximum Gasteiger partial charge on any atom is 0.255 e. The fraction of sp³-hybridized carbons (Fsp3) is 0.533. The van der Waals surface area contributed by atoms with E-state index in [4.69, 9.17) is 11.6 Å². The van der Waals surface area contributed by atoms with Gasteiger partial charge < -0.3 is 10.4 Å². The number of carbonyl (C=O) groups excluding carboxylic acids is 1. The molecule has 0 spiro atoms. The number of nitrogens with one attached hydrogen (secondary N) is 1. The Labute approximate surface area is 119 Å². The summed E-state index contributed by atoms with van der Waals surface area (Å²) >= 11 is 5.85. The third kappa shape index (κ3) is 3.21. The maximum absolute atomic E-state index is 12.1. The van der Waals surface area contributed by atoms with Crippen molar-refractivity contribution >= 4 is 17.5 Å². The molecule has 0 saturated heterocycles. The molecule has 1 aromatic carbocycles. The first-order valence-electron chi connectivity index (χ1n) is 6.83. The molecule has 0 aromatic heterocycles. The van der Waals surface area contributed by atoms with E-state index in [1.807, 2.05) is 0 Å². The highest BCUT2D eigenvalue weighted by atomic mass is 35.5. The molecule has 0 heterocycles. The summed E-state index contributed by atoms with van der Waals surface area (Å²) in [6.07, 6.45) is 5.91. The van der Waals surface area contributed by atoms with Crippen LogP contribution in [0.15, 0.2) is 18.2 Å². The maximum atomic E-state index is 12.1. The standard InChI is InChI=1S/C15H20ClNO2/c1-2-15(7-3-4-8-15)10-17-14(19)12-9-11(16)5-6-13(12)18/h5-6,9,18H,2-4,7-8,10H2,1H3,(H,17,19). The van der Waals surface area contributed by atoms with Gasteiger partial charge in [-0.25, -0.2) is 0 Å². The number of hydrogen-bond acceptors (Lipinski definition) is 2. The Bertz CT molecular complexity index is 467. The molecule has 104 valence electrons. The molecule has 1 aromatic rings. The summed E-state index contributed by atoms with van der Waals surface area (Å²) < 4.78 is 0. The normalized spacial score (nSPS) is 17.4. The molecule has 0 bridgehead atoms. The first-order valence-corrected chi connectivity index (χ1v) is 7.21.